The molecule has 0 spiro atoms. The van der Waals surface area contributed by atoms with Crippen molar-refractivity contribution in [3.8, 4) is 17.2 Å². The van der Waals surface area contributed by atoms with Crippen LogP contribution in [0.15, 0.2) is 66.4 Å². The van der Waals surface area contributed by atoms with Gasteiger partial charge in [0.2, 0.25) is 5.91 Å². The van der Waals surface area contributed by atoms with Gasteiger partial charge in [0.25, 0.3) is 0 Å². The first-order valence-electron chi connectivity index (χ1n) is 11.6. The summed E-state index contributed by atoms with van der Waals surface area (Å²) in [5.74, 6) is -0.801. The van der Waals surface area contributed by atoms with E-state index >= 15 is 0 Å². The van der Waals surface area contributed by atoms with Gasteiger partial charge in [-0.15, -0.1) is 0 Å². The molecule has 1 amide bonds. The molecule has 2 atom stereocenters. The van der Waals surface area contributed by atoms with Crippen molar-refractivity contribution in [3.05, 3.63) is 77.5 Å². The average molecular weight is 778 g/mol. The number of Topliss-reactive ketones (excluding diaryl/α,β-unsaturated/α-hetero) is 1. The Morgan fingerprint density at radius 2 is 1.55 bits per heavy atom. The Labute approximate surface area is 255 Å². The third-order valence-corrected chi connectivity index (χ3v) is 8.05. The molecule has 0 saturated heterocycles. The summed E-state index contributed by atoms with van der Waals surface area (Å²) in [6, 6.07) is 12.7. The molecule has 0 saturated carbocycles. The SMILES string of the molecule is CCCOc1ccc(C(N)C(=O)[C@@H](Cc2cc(Br)c(OC)c(Br)c2)C(=O)Nc2cc(Br)c(O)c(Br)c2)cc1. The van der Waals surface area contributed by atoms with Crippen LogP contribution in [0.4, 0.5) is 5.69 Å². The van der Waals surface area contributed by atoms with Crippen LogP contribution in [0.25, 0.3) is 0 Å². The topological polar surface area (TPSA) is 111 Å². The Bertz CT molecular complexity index is 1270. The van der Waals surface area contributed by atoms with Crippen LogP contribution in [-0.2, 0) is 16.0 Å². The van der Waals surface area contributed by atoms with Crippen molar-refractivity contribution >= 4 is 81.1 Å². The van der Waals surface area contributed by atoms with E-state index in [0.29, 0.717) is 47.2 Å². The number of ether oxygens (including phenoxy) is 2. The minimum atomic E-state index is -1.11. The van der Waals surface area contributed by atoms with Crippen molar-refractivity contribution < 1.29 is 24.2 Å². The number of phenolic OH excluding ortho intramolecular Hbond substituents is 1. The number of hydrogen-bond acceptors (Lipinski definition) is 6. The molecule has 11 heteroatoms. The smallest absolute Gasteiger partial charge is 0.235 e. The number of nitrogens with one attached hydrogen (secondary N) is 1. The fourth-order valence-electron chi connectivity index (χ4n) is 3.72. The number of nitrogens with two attached hydrogens (primary N) is 1. The molecular weight excluding hydrogens is 752 g/mol. The third-order valence-electron chi connectivity index (χ3n) is 5.66. The van der Waals surface area contributed by atoms with Gasteiger partial charge in [0.05, 0.1) is 37.6 Å². The van der Waals surface area contributed by atoms with Gasteiger partial charge in [0.1, 0.15) is 23.2 Å². The number of anilines is 1. The van der Waals surface area contributed by atoms with Gasteiger partial charge >= 0.3 is 0 Å². The van der Waals surface area contributed by atoms with E-state index in [4.69, 9.17) is 15.2 Å². The largest absolute Gasteiger partial charge is 0.506 e. The number of methoxy groups -OCH3 is 1. The first-order valence-corrected chi connectivity index (χ1v) is 14.8. The van der Waals surface area contributed by atoms with Gasteiger partial charge in [-0.3, -0.25) is 9.59 Å². The monoisotopic (exact) mass is 774 g/mol. The first-order chi connectivity index (χ1) is 18.0. The number of halogens is 4. The summed E-state index contributed by atoms with van der Waals surface area (Å²) < 4.78 is 13.1. The van der Waals surface area contributed by atoms with Crippen LogP contribution in [-0.4, -0.2) is 30.5 Å². The van der Waals surface area contributed by atoms with Crippen molar-refractivity contribution in [1.82, 2.24) is 0 Å². The molecule has 202 valence electrons. The highest BCUT2D eigenvalue weighted by atomic mass is 79.9. The predicted molar refractivity (Wildman–Crippen MR) is 162 cm³/mol. The van der Waals surface area contributed by atoms with Crippen LogP contribution in [0.5, 0.6) is 17.2 Å². The normalized spacial score (nSPS) is 12.5. The third kappa shape index (κ3) is 7.59. The number of ketones is 1. The molecule has 1 unspecified atom stereocenters. The summed E-state index contributed by atoms with van der Waals surface area (Å²) >= 11 is 13.5. The molecule has 7 nitrogen and oxygen atoms in total. The quantitative estimate of drug-likeness (QED) is 0.139. The minimum absolute atomic E-state index is 0.00283. The maximum absolute atomic E-state index is 13.7. The Hall–Kier alpha value is -1.92. The first kappa shape index (κ1) is 30.6. The minimum Gasteiger partial charge on any atom is -0.506 e. The van der Waals surface area contributed by atoms with Crippen molar-refractivity contribution in [2.45, 2.75) is 25.8 Å². The molecule has 0 bridgehead atoms. The number of hydrogen-bond donors (Lipinski definition) is 3. The Morgan fingerprint density at radius 1 is 0.974 bits per heavy atom. The van der Waals surface area contributed by atoms with Gasteiger partial charge in [-0.05, 0) is 124 Å². The highest BCUT2D eigenvalue weighted by Gasteiger charge is 2.32. The Balaban J connectivity index is 1.93. The summed E-state index contributed by atoms with van der Waals surface area (Å²) in [5.41, 5.74) is 8.08. The van der Waals surface area contributed by atoms with Crippen LogP contribution < -0.4 is 20.5 Å². The highest BCUT2D eigenvalue weighted by molar-refractivity contribution is 9.11. The van der Waals surface area contributed by atoms with Crippen LogP contribution in [0.1, 0.15) is 30.5 Å². The van der Waals surface area contributed by atoms with Crippen LogP contribution in [0, 0.1) is 5.92 Å². The van der Waals surface area contributed by atoms with E-state index in [-0.39, 0.29) is 12.2 Å². The summed E-state index contributed by atoms with van der Waals surface area (Å²) in [4.78, 5) is 27.2. The number of carbonyl (C=O) groups is 2. The summed E-state index contributed by atoms with van der Waals surface area (Å²) in [5, 5.41) is 12.8. The number of benzene rings is 3. The molecule has 38 heavy (non-hydrogen) atoms. The van der Waals surface area contributed by atoms with Gasteiger partial charge in [-0.2, -0.15) is 0 Å². The van der Waals surface area contributed by atoms with Gasteiger partial charge in [0, 0.05) is 5.69 Å². The lowest BCUT2D eigenvalue weighted by molar-refractivity contribution is -0.132. The molecule has 0 aliphatic carbocycles. The van der Waals surface area contributed by atoms with Gasteiger partial charge in [-0.1, -0.05) is 19.1 Å². The fraction of sp³-hybridized carbons (Fsp3) is 0.259. The van der Waals surface area contributed by atoms with Gasteiger partial charge in [0.15, 0.2) is 5.78 Å². The average Bonchev–Trinajstić information content (AvgIpc) is 2.88. The number of amides is 1. The Kier molecular flexibility index (Phi) is 11.2. The van der Waals surface area contributed by atoms with Gasteiger partial charge in [-0.25, -0.2) is 0 Å². The summed E-state index contributed by atoms with van der Waals surface area (Å²) in [7, 11) is 1.55. The van der Waals surface area contributed by atoms with E-state index in [2.05, 4.69) is 69.0 Å². The standard InChI is InChI=1S/C27H26Br4N2O5/c1-3-8-38-17-6-4-15(5-7-17)23(32)24(34)18(9-14-10-21(30)26(37-2)22(31)11-14)27(36)33-16-12-19(28)25(35)20(29)13-16/h4-7,10-13,18,23,35H,3,8-9,32H2,1-2H3,(H,33,36)/t18-,23?/m1/s1. The van der Waals surface area contributed by atoms with E-state index in [1.807, 2.05) is 6.92 Å². The molecule has 3 aromatic carbocycles. The number of carbonyl (C=O) groups excluding carboxylic acids is 2. The van der Waals surface area contributed by atoms with E-state index in [1.54, 1.807) is 55.6 Å². The second-order valence-corrected chi connectivity index (χ2v) is 11.8. The van der Waals surface area contributed by atoms with E-state index in [1.165, 1.54) is 0 Å². The maximum Gasteiger partial charge on any atom is 0.235 e. The number of rotatable bonds is 11. The van der Waals surface area contributed by atoms with Gasteiger partial charge < -0.3 is 25.6 Å². The van der Waals surface area contributed by atoms with Crippen molar-refractivity contribution in [2.75, 3.05) is 19.0 Å². The molecule has 0 aliphatic rings. The van der Waals surface area contributed by atoms with Crippen molar-refractivity contribution in [2.24, 2.45) is 11.7 Å². The zero-order valence-electron chi connectivity index (χ0n) is 20.6. The lowest BCUT2D eigenvalue weighted by Gasteiger charge is -2.21. The summed E-state index contributed by atoms with van der Waals surface area (Å²) in [6.45, 7) is 2.60. The fourth-order valence-corrected chi connectivity index (χ4v) is 6.51. The highest BCUT2D eigenvalue weighted by Crippen LogP contribution is 2.37. The lowest BCUT2D eigenvalue weighted by Crippen LogP contribution is -2.37. The van der Waals surface area contributed by atoms with Crippen LogP contribution in [0.2, 0.25) is 0 Å². The maximum atomic E-state index is 13.7. The van der Waals surface area contributed by atoms with Crippen LogP contribution in [0.3, 0.4) is 0 Å². The second-order valence-electron chi connectivity index (χ2n) is 8.42. The molecular formula is C27H26Br4N2O5. The second kappa shape index (κ2) is 13.9. The van der Waals surface area contributed by atoms with Crippen molar-refractivity contribution in [3.63, 3.8) is 0 Å². The summed E-state index contributed by atoms with van der Waals surface area (Å²) in [6.07, 6.45) is 0.972. The van der Waals surface area contributed by atoms with Crippen molar-refractivity contribution in [1.29, 1.82) is 0 Å². The van der Waals surface area contributed by atoms with E-state index in [9.17, 15) is 14.7 Å². The molecule has 3 aromatic rings. The Morgan fingerprint density at radius 3 is 2.08 bits per heavy atom. The molecule has 0 radical (unpaired) electrons. The molecule has 0 fully saturated rings. The van der Waals surface area contributed by atoms with Crippen LogP contribution >= 0.6 is 63.7 Å². The van der Waals surface area contributed by atoms with E-state index < -0.39 is 23.7 Å². The molecule has 0 aromatic heterocycles. The molecule has 0 aliphatic heterocycles. The van der Waals surface area contributed by atoms with E-state index in [0.717, 1.165) is 12.0 Å². The zero-order chi connectivity index (χ0) is 28.0. The molecule has 4 N–H and O–H groups in total. The molecule has 0 heterocycles. The molecule has 3 rings (SSSR count). The number of aromatic hydroxyl groups is 1. The number of phenols is 1. The lowest BCUT2D eigenvalue weighted by atomic mass is 9.88. The predicted octanol–water partition coefficient (Wildman–Crippen LogP) is 7.31. The zero-order valence-corrected chi connectivity index (χ0v) is 26.9.